The average molecular weight is 322 g/mol. The first-order valence-electron chi connectivity index (χ1n) is 4.03. The van der Waals surface area contributed by atoms with Crippen molar-refractivity contribution >= 4 is 40.3 Å². The van der Waals surface area contributed by atoms with Crippen molar-refractivity contribution in [3.63, 3.8) is 0 Å². The first-order chi connectivity index (χ1) is 6.61. The van der Waals surface area contributed by atoms with Gasteiger partial charge in [0.25, 0.3) is 0 Å². The van der Waals surface area contributed by atoms with Crippen molar-refractivity contribution in [2.24, 2.45) is 0 Å². The van der Waals surface area contributed by atoms with Gasteiger partial charge >= 0.3 is 5.97 Å². The standard InChI is InChI=1S/C10H11IO2S/c1-6-7(10(12)13-2)4-5-8(14-3)9(6)11/h4-5H,1-3H3. The number of thioether (sulfide) groups is 1. The molecule has 0 N–H and O–H groups in total. The normalized spacial score (nSPS) is 10.0. The van der Waals surface area contributed by atoms with Crippen LogP contribution in [0.5, 0.6) is 0 Å². The maximum absolute atomic E-state index is 11.4. The van der Waals surface area contributed by atoms with Crippen molar-refractivity contribution in [1.29, 1.82) is 0 Å². The van der Waals surface area contributed by atoms with Gasteiger partial charge in [-0.25, -0.2) is 4.79 Å². The number of benzene rings is 1. The van der Waals surface area contributed by atoms with Crippen molar-refractivity contribution < 1.29 is 9.53 Å². The summed E-state index contributed by atoms with van der Waals surface area (Å²) in [6, 6.07) is 3.76. The fraction of sp³-hybridized carbons (Fsp3) is 0.300. The molecule has 14 heavy (non-hydrogen) atoms. The molecule has 0 aliphatic carbocycles. The van der Waals surface area contributed by atoms with Crippen LogP contribution >= 0.6 is 34.4 Å². The van der Waals surface area contributed by atoms with E-state index in [-0.39, 0.29) is 5.97 Å². The molecule has 76 valence electrons. The molecule has 0 heterocycles. The Hall–Kier alpha value is -0.230. The summed E-state index contributed by atoms with van der Waals surface area (Å²) in [5.74, 6) is -0.270. The smallest absolute Gasteiger partial charge is 0.338 e. The van der Waals surface area contributed by atoms with E-state index in [0.29, 0.717) is 5.56 Å². The molecule has 2 nitrogen and oxygen atoms in total. The lowest BCUT2D eigenvalue weighted by Crippen LogP contribution is -2.05. The predicted molar refractivity (Wildman–Crippen MR) is 67.0 cm³/mol. The number of hydrogen-bond acceptors (Lipinski definition) is 3. The van der Waals surface area contributed by atoms with Crippen LogP contribution in [0.15, 0.2) is 17.0 Å². The molecule has 0 aromatic heterocycles. The van der Waals surface area contributed by atoms with Gasteiger partial charge in [-0.15, -0.1) is 11.8 Å². The van der Waals surface area contributed by atoms with E-state index in [4.69, 9.17) is 4.74 Å². The first kappa shape index (κ1) is 11.8. The fourth-order valence-corrected chi connectivity index (χ4v) is 2.82. The van der Waals surface area contributed by atoms with Gasteiger partial charge < -0.3 is 4.74 Å². The van der Waals surface area contributed by atoms with Gasteiger partial charge in [0.15, 0.2) is 0 Å². The third-order valence-electron chi connectivity index (χ3n) is 1.98. The van der Waals surface area contributed by atoms with Crippen LogP contribution in [0, 0.1) is 10.5 Å². The van der Waals surface area contributed by atoms with E-state index in [1.807, 2.05) is 25.3 Å². The molecule has 0 spiro atoms. The van der Waals surface area contributed by atoms with Gasteiger partial charge in [0.2, 0.25) is 0 Å². The molecule has 0 radical (unpaired) electrons. The van der Waals surface area contributed by atoms with Crippen LogP contribution in [0.4, 0.5) is 0 Å². The lowest BCUT2D eigenvalue weighted by molar-refractivity contribution is 0.0599. The van der Waals surface area contributed by atoms with Gasteiger partial charge in [-0.3, -0.25) is 0 Å². The molecule has 0 saturated carbocycles. The molecular formula is C10H11IO2S. The van der Waals surface area contributed by atoms with Gasteiger partial charge in [-0.05, 0) is 53.5 Å². The molecule has 0 aliphatic rings. The Labute approximate surface area is 102 Å². The van der Waals surface area contributed by atoms with Crippen molar-refractivity contribution in [2.75, 3.05) is 13.4 Å². The molecule has 1 rings (SSSR count). The monoisotopic (exact) mass is 322 g/mol. The topological polar surface area (TPSA) is 26.3 Å². The summed E-state index contributed by atoms with van der Waals surface area (Å²) >= 11 is 3.93. The number of esters is 1. The zero-order chi connectivity index (χ0) is 10.7. The van der Waals surface area contributed by atoms with E-state index in [2.05, 4.69) is 22.6 Å². The highest BCUT2D eigenvalue weighted by Gasteiger charge is 2.13. The zero-order valence-electron chi connectivity index (χ0n) is 8.26. The maximum atomic E-state index is 11.4. The Morgan fingerprint density at radius 3 is 2.64 bits per heavy atom. The van der Waals surface area contributed by atoms with E-state index >= 15 is 0 Å². The molecule has 4 heteroatoms. The second-order valence-corrected chi connectivity index (χ2v) is 4.67. The Morgan fingerprint density at radius 2 is 2.14 bits per heavy atom. The SMILES string of the molecule is COC(=O)c1ccc(SC)c(I)c1C. The molecule has 1 aromatic rings. The summed E-state index contributed by atoms with van der Waals surface area (Å²) in [5, 5.41) is 0. The molecule has 0 unspecified atom stereocenters. The minimum absolute atomic E-state index is 0.270. The number of carbonyl (C=O) groups excluding carboxylic acids is 1. The van der Waals surface area contributed by atoms with Gasteiger partial charge in [-0.2, -0.15) is 0 Å². The Morgan fingerprint density at radius 1 is 1.50 bits per heavy atom. The summed E-state index contributed by atoms with van der Waals surface area (Å²) < 4.78 is 5.82. The summed E-state index contributed by atoms with van der Waals surface area (Å²) in [7, 11) is 1.40. The van der Waals surface area contributed by atoms with Gasteiger partial charge in [0.1, 0.15) is 0 Å². The number of carbonyl (C=O) groups is 1. The highest BCUT2D eigenvalue weighted by molar-refractivity contribution is 14.1. The summed E-state index contributed by atoms with van der Waals surface area (Å²) in [6.07, 6.45) is 2.02. The molecule has 0 saturated heterocycles. The van der Waals surface area contributed by atoms with Gasteiger partial charge in [0, 0.05) is 8.47 Å². The molecular weight excluding hydrogens is 311 g/mol. The minimum Gasteiger partial charge on any atom is -0.465 e. The highest BCUT2D eigenvalue weighted by Crippen LogP contribution is 2.27. The van der Waals surface area contributed by atoms with Crippen molar-refractivity contribution in [3.8, 4) is 0 Å². The summed E-state index contributed by atoms with van der Waals surface area (Å²) in [5.41, 5.74) is 1.64. The lowest BCUT2D eigenvalue weighted by Gasteiger charge is -2.08. The number of halogens is 1. The fourth-order valence-electron chi connectivity index (χ4n) is 1.15. The highest BCUT2D eigenvalue weighted by atomic mass is 127. The second kappa shape index (κ2) is 5.02. The quantitative estimate of drug-likeness (QED) is 0.475. The summed E-state index contributed by atoms with van der Waals surface area (Å²) in [4.78, 5) is 12.5. The molecule has 0 atom stereocenters. The van der Waals surface area contributed by atoms with Crippen LogP contribution in [0.2, 0.25) is 0 Å². The van der Waals surface area contributed by atoms with Crippen molar-refractivity contribution in [3.05, 3.63) is 26.8 Å². The maximum Gasteiger partial charge on any atom is 0.338 e. The summed E-state index contributed by atoms with van der Waals surface area (Å²) in [6.45, 7) is 1.94. The van der Waals surface area contributed by atoms with Crippen LogP contribution < -0.4 is 0 Å². The van der Waals surface area contributed by atoms with Crippen molar-refractivity contribution in [2.45, 2.75) is 11.8 Å². The molecule has 0 bridgehead atoms. The van der Waals surface area contributed by atoms with E-state index in [0.717, 1.165) is 9.13 Å². The Kier molecular flexibility index (Phi) is 4.25. The lowest BCUT2D eigenvalue weighted by atomic mass is 10.1. The number of methoxy groups -OCH3 is 1. The Bertz CT molecular complexity index is 363. The first-order valence-corrected chi connectivity index (χ1v) is 6.33. The molecule has 0 aliphatic heterocycles. The van der Waals surface area contributed by atoms with Crippen LogP contribution in [0.25, 0.3) is 0 Å². The van der Waals surface area contributed by atoms with E-state index in [1.54, 1.807) is 11.8 Å². The van der Waals surface area contributed by atoms with Crippen LogP contribution in [0.1, 0.15) is 15.9 Å². The zero-order valence-corrected chi connectivity index (χ0v) is 11.2. The molecule has 0 amide bonds. The number of ether oxygens (including phenoxy) is 1. The Balaban J connectivity index is 3.24. The number of hydrogen-bond donors (Lipinski definition) is 0. The van der Waals surface area contributed by atoms with Crippen LogP contribution in [-0.2, 0) is 4.74 Å². The minimum atomic E-state index is -0.270. The third kappa shape index (κ3) is 2.23. The van der Waals surface area contributed by atoms with Crippen LogP contribution in [-0.4, -0.2) is 19.3 Å². The van der Waals surface area contributed by atoms with Crippen molar-refractivity contribution in [1.82, 2.24) is 0 Å². The average Bonchev–Trinajstić information content (AvgIpc) is 2.21. The van der Waals surface area contributed by atoms with Crippen LogP contribution in [0.3, 0.4) is 0 Å². The molecule has 1 aromatic carbocycles. The van der Waals surface area contributed by atoms with E-state index in [9.17, 15) is 4.79 Å². The largest absolute Gasteiger partial charge is 0.465 e. The molecule has 0 fully saturated rings. The van der Waals surface area contributed by atoms with E-state index in [1.165, 1.54) is 12.0 Å². The predicted octanol–water partition coefficient (Wildman–Crippen LogP) is 3.11. The van der Waals surface area contributed by atoms with Gasteiger partial charge in [-0.1, -0.05) is 0 Å². The third-order valence-corrected chi connectivity index (χ3v) is 4.51. The van der Waals surface area contributed by atoms with Gasteiger partial charge in [0.05, 0.1) is 12.7 Å². The number of rotatable bonds is 2. The van der Waals surface area contributed by atoms with E-state index < -0.39 is 0 Å². The second-order valence-electron chi connectivity index (χ2n) is 2.75.